The number of hydrogen-bond acceptors (Lipinski definition) is 4. The number of methoxy groups -OCH3 is 1. The molecular weight excluding hydrogens is 288 g/mol. The lowest BCUT2D eigenvalue weighted by molar-refractivity contribution is -0.133. The zero-order chi connectivity index (χ0) is 17.5. The van der Waals surface area contributed by atoms with Gasteiger partial charge in [0.1, 0.15) is 5.78 Å². The second kappa shape index (κ2) is 9.75. The zero-order valence-corrected chi connectivity index (χ0v) is 16.2. The van der Waals surface area contributed by atoms with E-state index in [1.807, 2.05) is 0 Å². The second-order valence-corrected chi connectivity index (χ2v) is 8.00. The molecule has 0 bridgehead atoms. The molecule has 1 aliphatic rings. The topological polar surface area (TPSA) is 32.8 Å². The van der Waals surface area contributed by atoms with E-state index in [2.05, 4.69) is 44.5 Å². The molecule has 1 heterocycles. The minimum absolute atomic E-state index is 0.150. The highest BCUT2D eigenvalue weighted by Gasteiger charge is 2.41. The first-order valence-corrected chi connectivity index (χ1v) is 9.25. The summed E-state index contributed by atoms with van der Waals surface area (Å²) in [5.74, 6) is 1.08. The number of likely N-dealkylation sites (N-methyl/N-ethyl adjacent to an activating group) is 1. The first-order chi connectivity index (χ1) is 10.8. The molecule has 4 nitrogen and oxygen atoms in total. The Morgan fingerprint density at radius 3 is 2.30 bits per heavy atom. The predicted molar refractivity (Wildman–Crippen MR) is 96.8 cm³/mol. The third-order valence-corrected chi connectivity index (χ3v) is 5.28. The Labute approximate surface area is 143 Å². The number of carbonyl (C=O) groups is 1. The van der Waals surface area contributed by atoms with Crippen LogP contribution in [0.3, 0.4) is 0 Å². The molecule has 1 aliphatic heterocycles. The third kappa shape index (κ3) is 6.52. The van der Waals surface area contributed by atoms with Gasteiger partial charge in [0, 0.05) is 38.1 Å². The molecule has 1 rings (SSSR count). The molecule has 0 spiro atoms. The first-order valence-electron chi connectivity index (χ1n) is 9.25. The number of nitrogens with zero attached hydrogens (tertiary/aromatic N) is 2. The van der Waals surface area contributed by atoms with Crippen molar-refractivity contribution in [2.24, 2.45) is 11.3 Å². The van der Waals surface area contributed by atoms with E-state index in [0.29, 0.717) is 17.7 Å². The van der Waals surface area contributed by atoms with E-state index >= 15 is 0 Å². The van der Waals surface area contributed by atoms with Crippen molar-refractivity contribution in [3.05, 3.63) is 0 Å². The van der Waals surface area contributed by atoms with Gasteiger partial charge in [-0.05, 0) is 59.2 Å². The lowest BCUT2D eigenvalue weighted by atomic mass is 9.72. The standard InChI is InChI=1S/C19H38N2O2/c1-16(2)7-8-18(22)19(15-20(5)13-14-23-6)9-11-21(12-10-19)17(3)4/h16-17H,7-15H2,1-6H3. The highest BCUT2D eigenvalue weighted by molar-refractivity contribution is 5.85. The lowest BCUT2D eigenvalue weighted by Crippen LogP contribution is -2.51. The second-order valence-electron chi connectivity index (χ2n) is 8.00. The minimum Gasteiger partial charge on any atom is -0.383 e. The summed E-state index contributed by atoms with van der Waals surface area (Å²) >= 11 is 0. The maximum absolute atomic E-state index is 13.0. The Morgan fingerprint density at radius 1 is 1.22 bits per heavy atom. The summed E-state index contributed by atoms with van der Waals surface area (Å²) in [6, 6.07) is 0.574. The highest BCUT2D eigenvalue weighted by Crippen LogP contribution is 2.36. The van der Waals surface area contributed by atoms with Crippen molar-refractivity contribution in [1.29, 1.82) is 0 Å². The van der Waals surface area contributed by atoms with Crippen molar-refractivity contribution in [3.8, 4) is 0 Å². The van der Waals surface area contributed by atoms with E-state index < -0.39 is 0 Å². The molecule has 0 N–H and O–H groups in total. The maximum Gasteiger partial charge on any atom is 0.140 e. The van der Waals surface area contributed by atoms with Gasteiger partial charge in [-0.3, -0.25) is 4.79 Å². The van der Waals surface area contributed by atoms with Crippen LogP contribution in [0.2, 0.25) is 0 Å². The number of piperidine rings is 1. The Kier molecular flexibility index (Phi) is 8.73. The third-order valence-electron chi connectivity index (χ3n) is 5.28. The van der Waals surface area contributed by atoms with Crippen LogP contribution in [-0.2, 0) is 9.53 Å². The molecule has 0 aliphatic carbocycles. The maximum atomic E-state index is 13.0. The lowest BCUT2D eigenvalue weighted by Gasteiger charge is -2.44. The molecule has 0 amide bonds. The van der Waals surface area contributed by atoms with Crippen LogP contribution >= 0.6 is 0 Å². The summed E-state index contributed by atoms with van der Waals surface area (Å²) in [5, 5.41) is 0. The first kappa shape index (κ1) is 20.6. The Morgan fingerprint density at radius 2 is 1.83 bits per heavy atom. The fourth-order valence-corrected chi connectivity index (χ4v) is 3.52. The quantitative estimate of drug-likeness (QED) is 0.618. The van der Waals surface area contributed by atoms with Crippen molar-refractivity contribution in [2.75, 3.05) is 46.9 Å². The smallest absolute Gasteiger partial charge is 0.140 e. The van der Waals surface area contributed by atoms with Gasteiger partial charge in [0.05, 0.1) is 6.61 Å². The van der Waals surface area contributed by atoms with Crippen LogP contribution in [0.1, 0.15) is 53.4 Å². The molecular formula is C19H38N2O2. The van der Waals surface area contributed by atoms with Crippen LogP contribution in [0, 0.1) is 11.3 Å². The Bertz CT molecular complexity index is 347. The molecule has 0 unspecified atom stereocenters. The van der Waals surface area contributed by atoms with E-state index in [1.54, 1.807) is 7.11 Å². The van der Waals surface area contributed by atoms with Gasteiger partial charge in [0.25, 0.3) is 0 Å². The molecule has 136 valence electrons. The van der Waals surface area contributed by atoms with Crippen LogP contribution in [0.25, 0.3) is 0 Å². The number of likely N-dealkylation sites (tertiary alicyclic amines) is 1. The molecule has 0 radical (unpaired) electrons. The van der Waals surface area contributed by atoms with E-state index in [1.165, 1.54) is 0 Å². The SMILES string of the molecule is COCCN(C)CC1(C(=O)CCC(C)C)CCN(C(C)C)CC1. The molecule has 23 heavy (non-hydrogen) atoms. The van der Waals surface area contributed by atoms with Crippen LogP contribution < -0.4 is 0 Å². The molecule has 0 saturated carbocycles. The van der Waals surface area contributed by atoms with Gasteiger partial charge in [0.15, 0.2) is 0 Å². The monoisotopic (exact) mass is 326 g/mol. The van der Waals surface area contributed by atoms with E-state index in [-0.39, 0.29) is 5.41 Å². The molecule has 4 heteroatoms. The van der Waals surface area contributed by atoms with Crippen LogP contribution in [0.4, 0.5) is 0 Å². The summed E-state index contributed by atoms with van der Waals surface area (Å²) in [5.41, 5.74) is -0.150. The normalized spacial score (nSPS) is 19.0. The zero-order valence-electron chi connectivity index (χ0n) is 16.2. The number of ketones is 1. The average Bonchev–Trinajstić information content (AvgIpc) is 2.50. The van der Waals surface area contributed by atoms with Crippen molar-refractivity contribution < 1.29 is 9.53 Å². The number of ether oxygens (including phenoxy) is 1. The van der Waals surface area contributed by atoms with Crippen LogP contribution in [-0.4, -0.2) is 68.6 Å². The summed E-state index contributed by atoms with van der Waals surface area (Å²) < 4.78 is 5.19. The van der Waals surface area contributed by atoms with Gasteiger partial charge in [-0.25, -0.2) is 0 Å². The number of rotatable bonds is 10. The largest absolute Gasteiger partial charge is 0.383 e. The van der Waals surface area contributed by atoms with Gasteiger partial charge in [-0.2, -0.15) is 0 Å². The van der Waals surface area contributed by atoms with Gasteiger partial charge in [-0.1, -0.05) is 13.8 Å². The van der Waals surface area contributed by atoms with E-state index in [4.69, 9.17) is 4.74 Å². The molecule has 0 aromatic rings. The van der Waals surface area contributed by atoms with Gasteiger partial charge < -0.3 is 14.5 Å². The van der Waals surface area contributed by atoms with E-state index in [9.17, 15) is 4.79 Å². The van der Waals surface area contributed by atoms with Gasteiger partial charge in [-0.15, -0.1) is 0 Å². The fraction of sp³-hybridized carbons (Fsp3) is 0.947. The van der Waals surface area contributed by atoms with Gasteiger partial charge >= 0.3 is 0 Å². The summed E-state index contributed by atoms with van der Waals surface area (Å²) in [7, 11) is 3.85. The fourth-order valence-electron chi connectivity index (χ4n) is 3.52. The van der Waals surface area contributed by atoms with Crippen LogP contribution in [0.5, 0.6) is 0 Å². The summed E-state index contributed by atoms with van der Waals surface area (Å²) in [6.07, 6.45) is 3.74. The van der Waals surface area contributed by atoms with Crippen molar-refractivity contribution in [3.63, 3.8) is 0 Å². The van der Waals surface area contributed by atoms with Crippen molar-refractivity contribution in [2.45, 2.75) is 59.4 Å². The predicted octanol–water partition coefficient (Wildman–Crippen LogP) is 3.06. The summed E-state index contributed by atoms with van der Waals surface area (Å²) in [4.78, 5) is 17.8. The number of hydrogen-bond donors (Lipinski definition) is 0. The minimum atomic E-state index is -0.150. The Hall–Kier alpha value is -0.450. The summed E-state index contributed by atoms with van der Waals surface area (Å²) in [6.45, 7) is 13.5. The molecule has 0 aromatic carbocycles. The van der Waals surface area contributed by atoms with Crippen molar-refractivity contribution in [1.82, 2.24) is 9.80 Å². The average molecular weight is 327 g/mol. The molecule has 0 aromatic heterocycles. The van der Waals surface area contributed by atoms with Gasteiger partial charge in [0.2, 0.25) is 0 Å². The highest BCUT2D eigenvalue weighted by atomic mass is 16.5. The number of carbonyl (C=O) groups excluding carboxylic acids is 1. The molecule has 1 fully saturated rings. The van der Waals surface area contributed by atoms with Crippen molar-refractivity contribution >= 4 is 5.78 Å². The molecule has 1 saturated heterocycles. The van der Waals surface area contributed by atoms with Crippen LogP contribution in [0.15, 0.2) is 0 Å². The number of Topliss-reactive ketones (excluding diaryl/α,β-unsaturated/α-hetero) is 1. The van der Waals surface area contributed by atoms with E-state index in [0.717, 1.165) is 58.5 Å². The Balaban J connectivity index is 2.74. The molecule has 0 atom stereocenters.